The van der Waals surface area contributed by atoms with Crippen molar-refractivity contribution in [2.45, 2.75) is 37.5 Å². The number of piperidine rings is 1. The summed E-state index contributed by atoms with van der Waals surface area (Å²) in [5.74, 6) is -0.430. The zero-order valence-electron chi connectivity index (χ0n) is 14.7. The number of aliphatic carboxylic acids is 1. The van der Waals surface area contributed by atoms with Gasteiger partial charge >= 0.3 is 12.0 Å². The van der Waals surface area contributed by atoms with Crippen LogP contribution in [0.3, 0.4) is 0 Å². The second-order valence-corrected chi connectivity index (χ2v) is 7.14. The van der Waals surface area contributed by atoms with Crippen molar-refractivity contribution in [3.05, 3.63) is 29.8 Å². The number of carbonyl (C=O) groups excluding carboxylic acids is 1. The summed E-state index contributed by atoms with van der Waals surface area (Å²) in [5, 5.41) is 12.2. The first-order chi connectivity index (χ1) is 12.0. The Bertz CT molecular complexity index is 625. The number of amides is 2. The average Bonchev–Trinajstić information content (AvgIpc) is 2.61. The number of hydrogen-bond donors (Lipinski definition) is 2. The topological polar surface area (TPSA) is 78.9 Å². The number of likely N-dealkylation sites (tertiary alicyclic amines) is 1. The summed E-state index contributed by atoms with van der Waals surface area (Å²) in [6, 6.07) is 7.92. The minimum atomic E-state index is -0.814. The first-order valence-corrected chi connectivity index (χ1v) is 8.94. The zero-order valence-corrected chi connectivity index (χ0v) is 14.7. The quantitative estimate of drug-likeness (QED) is 0.859. The van der Waals surface area contributed by atoms with Gasteiger partial charge in [0.1, 0.15) is 5.75 Å². The van der Waals surface area contributed by atoms with Gasteiger partial charge in [0, 0.05) is 25.0 Å². The Morgan fingerprint density at radius 3 is 2.56 bits per heavy atom. The molecule has 0 aromatic heterocycles. The number of methoxy groups -OCH3 is 1. The van der Waals surface area contributed by atoms with Gasteiger partial charge in [-0.3, -0.25) is 4.79 Å². The van der Waals surface area contributed by atoms with E-state index in [1.54, 1.807) is 12.0 Å². The maximum atomic E-state index is 12.5. The summed E-state index contributed by atoms with van der Waals surface area (Å²) >= 11 is 0. The number of nitrogens with one attached hydrogen (secondary N) is 1. The number of carboxylic acid groups (broad SMARTS) is 1. The van der Waals surface area contributed by atoms with Crippen LogP contribution in [0.25, 0.3) is 0 Å². The number of rotatable bonds is 5. The molecule has 2 fully saturated rings. The van der Waals surface area contributed by atoms with Crippen LogP contribution >= 0.6 is 0 Å². The molecule has 1 unspecified atom stereocenters. The van der Waals surface area contributed by atoms with Crippen LogP contribution in [0.5, 0.6) is 5.75 Å². The summed E-state index contributed by atoms with van der Waals surface area (Å²) in [6.45, 7) is 1.52. The fraction of sp³-hybridized carbons (Fsp3) is 0.579. The Labute approximate surface area is 148 Å². The lowest BCUT2D eigenvalue weighted by atomic mass is 9.64. The number of carboxylic acids is 1. The Balaban J connectivity index is 1.60. The van der Waals surface area contributed by atoms with Crippen molar-refractivity contribution >= 4 is 12.0 Å². The summed E-state index contributed by atoms with van der Waals surface area (Å²) in [6.07, 6.45) is 4.66. The van der Waals surface area contributed by atoms with E-state index in [4.69, 9.17) is 9.84 Å². The normalized spacial score (nSPS) is 22.0. The molecular weight excluding hydrogens is 320 g/mol. The van der Waals surface area contributed by atoms with Crippen LogP contribution in [0.2, 0.25) is 0 Å². The highest BCUT2D eigenvalue weighted by atomic mass is 16.5. The molecule has 1 heterocycles. The Morgan fingerprint density at radius 1 is 1.28 bits per heavy atom. The Morgan fingerprint density at radius 2 is 2.00 bits per heavy atom. The fourth-order valence-corrected chi connectivity index (χ4v) is 3.84. The summed E-state index contributed by atoms with van der Waals surface area (Å²) in [7, 11) is 1.65. The molecule has 0 bridgehead atoms. The van der Waals surface area contributed by atoms with Crippen molar-refractivity contribution < 1.29 is 19.4 Å². The molecule has 2 aliphatic rings. The molecule has 3 rings (SSSR count). The fourth-order valence-electron chi connectivity index (χ4n) is 3.84. The predicted octanol–water partition coefficient (Wildman–Crippen LogP) is 2.62. The first-order valence-electron chi connectivity index (χ1n) is 8.94. The van der Waals surface area contributed by atoms with Crippen molar-refractivity contribution in [2.75, 3.05) is 26.7 Å². The van der Waals surface area contributed by atoms with Gasteiger partial charge in [-0.05, 0) is 43.4 Å². The van der Waals surface area contributed by atoms with E-state index in [1.165, 1.54) is 5.56 Å². The number of urea groups is 1. The Hall–Kier alpha value is -2.24. The highest BCUT2D eigenvalue weighted by Crippen LogP contribution is 2.43. The lowest BCUT2D eigenvalue weighted by Crippen LogP contribution is -2.52. The van der Waals surface area contributed by atoms with E-state index in [1.807, 2.05) is 12.1 Å². The van der Waals surface area contributed by atoms with Crippen LogP contribution in [0.1, 0.15) is 37.7 Å². The number of ether oxygens (including phenoxy) is 1. The molecule has 6 nitrogen and oxygen atoms in total. The van der Waals surface area contributed by atoms with Crippen LogP contribution < -0.4 is 10.1 Å². The van der Waals surface area contributed by atoms with Gasteiger partial charge in [-0.15, -0.1) is 0 Å². The van der Waals surface area contributed by atoms with E-state index in [2.05, 4.69) is 17.4 Å². The van der Waals surface area contributed by atoms with E-state index in [0.29, 0.717) is 26.1 Å². The number of hydrogen-bond acceptors (Lipinski definition) is 3. The minimum absolute atomic E-state index is 0.0100. The van der Waals surface area contributed by atoms with Gasteiger partial charge < -0.3 is 20.1 Å². The van der Waals surface area contributed by atoms with E-state index >= 15 is 0 Å². The molecule has 1 aromatic carbocycles. The lowest BCUT2D eigenvalue weighted by Gasteiger charge is -2.43. The summed E-state index contributed by atoms with van der Waals surface area (Å²) in [5.41, 5.74) is 1.21. The molecule has 25 heavy (non-hydrogen) atoms. The molecule has 1 saturated heterocycles. The van der Waals surface area contributed by atoms with Crippen LogP contribution in [0, 0.1) is 5.92 Å². The van der Waals surface area contributed by atoms with E-state index in [0.717, 1.165) is 31.4 Å². The van der Waals surface area contributed by atoms with Crippen molar-refractivity contribution in [2.24, 2.45) is 5.92 Å². The maximum absolute atomic E-state index is 12.5. The average molecular weight is 346 g/mol. The van der Waals surface area contributed by atoms with Gasteiger partial charge in [-0.25, -0.2) is 4.79 Å². The standard InChI is InChI=1S/C19H26N2O4/c1-25-16-7-5-15(6-8-16)19(9-3-10-19)13-20-18(24)21-11-2-4-14(12-21)17(22)23/h5-8,14H,2-4,9-13H2,1H3,(H,20,24)(H,22,23). The van der Waals surface area contributed by atoms with Gasteiger partial charge in [0.15, 0.2) is 0 Å². The van der Waals surface area contributed by atoms with E-state index in [-0.39, 0.29) is 11.4 Å². The molecule has 1 aliphatic heterocycles. The number of nitrogens with zero attached hydrogens (tertiary/aromatic N) is 1. The second-order valence-electron chi connectivity index (χ2n) is 7.14. The summed E-state index contributed by atoms with van der Waals surface area (Å²) < 4.78 is 5.22. The number of carbonyl (C=O) groups is 2. The molecule has 1 aromatic rings. The van der Waals surface area contributed by atoms with Crippen molar-refractivity contribution in [3.63, 3.8) is 0 Å². The maximum Gasteiger partial charge on any atom is 0.317 e. The van der Waals surface area contributed by atoms with E-state index in [9.17, 15) is 9.59 Å². The SMILES string of the molecule is COc1ccc(C2(CNC(=O)N3CCCC(C(=O)O)C3)CCC2)cc1. The summed E-state index contributed by atoms with van der Waals surface area (Å²) in [4.78, 5) is 25.3. The zero-order chi connectivity index (χ0) is 17.9. The molecule has 1 aliphatic carbocycles. The second kappa shape index (κ2) is 7.33. The van der Waals surface area contributed by atoms with Crippen LogP contribution in [0.4, 0.5) is 4.79 Å². The predicted molar refractivity (Wildman–Crippen MR) is 93.9 cm³/mol. The highest BCUT2D eigenvalue weighted by molar-refractivity contribution is 5.76. The molecule has 2 N–H and O–H groups in total. The molecular formula is C19H26N2O4. The van der Waals surface area contributed by atoms with Crippen LogP contribution in [0.15, 0.2) is 24.3 Å². The van der Waals surface area contributed by atoms with Gasteiger partial charge in [0.2, 0.25) is 0 Å². The van der Waals surface area contributed by atoms with Crippen molar-refractivity contribution in [1.29, 1.82) is 0 Å². The monoisotopic (exact) mass is 346 g/mol. The third kappa shape index (κ3) is 3.72. The molecule has 136 valence electrons. The molecule has 0 spiro atoms. The van der Waals surface area contributed by atoms with Crippen LogP contribution in [-0.2, 0) is 10.2 Å². The number of benzene rings is 1. The first kappa shape index (κ1) is 17.6. The minimum Gasteiger partial charge on any atom is -0.497 e. The largest absolute Gasteiger partial charge is 0.497 e. The molecule has 2 amide bonds. The van der Waals surface area contributed by atoms with E-state index < -0.39 is 11.9 Å². The molecule has 6 heteroatoms. The Kier molecular flexibility index (Phi) is 5.16. The van der Waals surface area contributed by atoms with Crippen LogP contribution in [-0.4, -0.2) is 48.8 Å². The third-order valence-corrected chi connectivity index (χ3v) is 5.65. The van der Waals surface area contributed by atoms with Crippen molar-refractivity contribution in [1.82, 2.24) is 10.2 Å². The van der Waals surface area contributed by atoms with Crippen molar-refractivity contribution in [3.8, 4) is 5.75 Å². The smallest absolute Gasteiger partial charge is 0.317 e. The lowest BCUT2D eigenvalue weighted by molar-refractivity contribution is -0.143. The molecule has 1 atom stereocenters. The van der Waals surface area contributed by atoms with Gasteiger partial charge in [-0.2, -0.15) is 0 Å². The van der Waals surface area contributed by atoms with Gasteiger partial charge in [0.25, 0.3) is 0 Å². The third-order valence-electron chi connectivity index (χ3n) is 5.65. The van der Waals surface area contributed by atoms with Gasteiger partial charge in [-0.1, -0.05) is 18.6 Å². The molecule has 1 saturated carbocycles. The van der Waals surface area contributed by atoms with Gasteiger partial charge in [0.05, 0.1) is 13.0 Å². The highest BCUT2D eigenvalue weighted by Gasteiger charge is 2.39. The molecule has 0 radical (unpaired) electrons.